The van der Waals surface area contributed by atoms with Crippen molar-refractivity contribution in [3.8, 4) is 23.1 Å². The number of aryl methyl sites for hydroxylation is 1. The van der Waals surface area contributed by atoms with Gasteiger partial charge in [-0.25, -0.2) is 5.43 Å². The number of hydrogen-bond acceptors (Lipinski definition) is 6. The molecule has 0 bridgehead atoms. The number of nitriles is 1. The first-order chi connectivity index (χ1) is 14.5. The summed E-state index contributed by atoms with van der Waals surface area (Å²) >= 11 is 6.42. The molecule has 1 aromatic heterocycles. The second-order valence-electron chi connectivity index (χ2n) is 7.94. The van der Waals surface area contributed by atoms with E-state index in [1.54, 1.807) is 10.7 Å². The van der Waals surface area contributed by atoms with Gasteiger partial charge in [-0.15, -0.1) is 0 Å². The van der Waals surface area contributed by atoms with Crippen molar-refractivity contribution in [2.45, 2.75) is 31.2 Å². The van der Waals surface area contributed by atoms with Crippen molar-refractivity contribution >= 4 is 17.5 Å². The van der Waals surface area contributed by atoms with Crippen molar-refractivity contribution in [1.29, 1.82) is 5.26 Å². The van der Waals surface area contributed by atoms with Crippen LogP contribution in [0.2, 0.25) is 5.02 Å². The van der Waals surface area contributed by atoms with Crippen molar-refractivity contribution in [2.75, 3.05) is 13.7 Å². The second-order valence-corrected chi connectivity index (χ2v) is 8.32. The van der Waals surface area contributed by atoms with Crippen LogP contribution in [-0.2, 0) is 11.8 Å². The Labute approximate surface area is 180 Å². The maximum absolute atomic E-state index is 12.3. The van der Waals surface area contributed by atoms with Crippen LogP contribution in [0.1, 0.15) is 36.3 Å². The van der Waals surface area contributed by atoms with E-state index < -0.39 is 0 Å². The molecule has 2 aromatic rings. The van der Waals surface area contributed by atoms with Crippen molar-refractivity contribution in [1.82, 2.24) is 20.6 Å². The van der Waals surface area contributed by atoms with Crippen LogP contribution in [0.5, 0.6) is 5.75 Å². The normalized spacial score (nSPS) is 25.9. The van der Waals surface area contributed by atoms with Gasteiger partial charge in [0.25, 0.3) is 0 Å². The number of amides is 1. The number of hydrogen-bond donors (Lipinski definition) is 3. The number of aromatic nitrogens is 2. The lowest BCUT2D eigenvalue weighted by atomic mass is 9.68. The van der Waals surface area contributed by atoms with Crippen molar-refractivity contribution < 1.29 is 9.53 Å². The van der Waals surface area contributed by atoms with Crippen LogP contribution in [0, 0.1) is 23.2 Å². The second kappa shape index (κ2) is 8.26. The fourth-order valence-electron chi connectivity index (χ4n) is 4.96. The van der Waals surface area contributed by atoms with E-state index in [2.05, 4.69) is 22.0 Å². The fraction of sp³-hybridized carbons (Fsp3) is 0.476. The van der Waals surface area contributed by atoms with E-state index in [0.29, 0.717) is 22.9 Å². The van der Waals surface area contributed by atoms with Gasteiger partial charge >= 0.3 is 0 Å². The first kappa shape index (κ1) is 20.7. The maximum Gasteiger partial charge on any atom is 0.237 e. The molecular weight excluding hydrogens is 404 g/mol. The van der Waals surface area contributed by atoms with Crippen molar-refractivity contribution in [3.05, 3.63) is 34.5 Å². The number of hydrazine groups is 1. The Morgan fingerprint density at radius 3 is 2.93 bits per heavy atom. The van der Waals surface area contributed by atoms with Crippen molar-refractivity contribution in [2.24, 2.45) is 24.6 Å². The molecule has 4 atom stereocenters. The largest absolute Gasteiger partial charge is 0.495 e. The van der Waals surface area contributed by atoms with Gasteiger partial charge in [0, 0.05) is 36.7 Å². The third-order valence-electron chi connectivity index (χ3n) is 6.49. The summed E-state index contributed by atoms with van der Waals surface area (Å²) in [4.78, 5) is 12.3. The number of nitrogens with two attached hydrogens (primary N) is 1. The molecule has 1 saturated heterocycles. The number of rotatable bonds is 4. The third-order valence-corrected chi connectivity index (χ3v) is 6.86. The lowest BCUT2D eigenvalue weighted by Gasteiger charge is -2.43. The molecule has 2 fully saturated rings. The number of ether oxygens (including phenoxy) is 1. The summed E-state index contributed by atoms with van der Waals surface area (Å²) in [5.74, 6) is 0.852. The number of carbonyl (C=O) groups is 1. The van der Waals surface area contributed by atoms with Crippen LogP contribution >= 0.6 is 11.6 Å². The zero-order valence-corrected chi connectivity index (χ0v) is 17.7. The Balaban J connectivity index is 1.73. The van der Waals surface area contributed by atoms with Gasteiger partial charge in [0.05, 0.1) is 24.6 Å². The van der Waals surface area contributed by atoms with Crippen LogP contribution < -0.4 is 21.3 Å². The number of halogens is 1. The summed E-state index contributed by atoms with van der Waals surface area (Å²) in [5.41, 5.74) is 14.8. The van der Waals surface area contributed by atoms with Gasteiger partial charge in [-0.2, -0.15) is 10.4 Å². The maximum atomic E-state index is 12.3. The summed E-state index contributed by atoms with van der Waals surface area (Å²) in [6, 6.07) is 5.89. The lowest BCUT2D eigenvalue weighted by molar-refractivity contribution is -0.133. The molecule has 1 aliphatic carbocycles. The van der Waals surface area contributed by atoms with Crippen LogP contribution in [-0.4, -0.2) is 35.4 Å². The average molecular weight is 429 g/mol. The molecular formula is C21H25ClN6O2. The molecule has 2 heterocycles. The third kappa shape index (κ3) is 3.33. The minimum Gasteiger partial charge on any atom is -0.495 e. The summed E-state index contributed by atoms with van der Waals surface area (Å²) < 4.78 is 7.05. The van der Waals surface area contributed by atoms with Crippen molar-refractivity contribution in [3.63, 3.8) is 0 Å². The van der Waals surface area contributed by atoms with Gasteiger partial charge in [-0.1, -0.05) is 11.6 Å². The van der Waals surface area contributed by atoms with E-state index in [1.807, 2.05) is 19.3 Å². The zero-order chi connectivity index (χ0) is 21.4. The monoisotopic (exact) mass is 428 g/mol. The number of benzene rings is 1. The quantitative estimate of drug-likeness (QED) is 0.686. The predicted molar refractivity (Wildman–Crippen MR) is 113 cm³/mol. The van der Waals surface area contributed by atoms with Gasteiger partial charge in [-0.05, 0) is 43.2 Å². The van der Waals surface area contributed by atoms with Gasteiger partial charge in [0.15, 0.2) is 0 Å². The first-order valence-electron chi connectivity index (χ1n) is 10.0. The Kier molecular flexibility index (Phi) is 5.69. The molecule has 2 aliphatic rings. The molecule has 1 aliphatic heterocycles. The summed E-state index contributed by atoms with van der Waals surface area (Å²) in [7, 11) is 3.39. The fourth-order valence-corrected chi connectivity index (χ4v) is 5.24. The minimum atomic E-state index is -0.0266. The number of fused-ring (bicyclic) bond motifs is 1. The van der Waals surface area contributed by atoms with E-state index in [9.17, 15) is 10.1 Å². The Morgan fingerprint density at radius 2 is 2.23 bits per heavy atom. The van der Waals surface area contributed by atoms with E-state index in [0.717, 1.165) is 36.1 Å². The molecule has 4 rings (SSSR count). The standard InChI is InChI=1S/C21H25ClN6O2/c1-28-20(12-5-6-18(30-2)19(22)15(12)8-23)16(10-25-28)11-3-4-13-14(7-11)17(9-24)26-27-21(13)29/h5-6,10-11,13-14,17,26H,3-4,7,9,24H2,1-2H3,(H,27,29). The minimum absolute atomic E-state index is 0.0266. The molecule has 0 radical (unpaired) electrons. The van der Waals surface area contributed by atoms with Gasteiger partial charge in [0.1, 0.15) is 16.8 Å². The molecule has 4 N–H and O–H groups in total. The highest BCUT2D eigenvalue weighted by molar-refractivity contribution is 6.33. The average Bonchev–Trinajstić information content (AvgIpc) is 3.14. The topological polar surface area (TPSA) is 118 Å². The predicted octanol–water partition coefficient (Wildman–Crippen LogP) is 2.08. The summed E-state index contributed by atoms with van der Waals surface area (Å²) in [5, 5.41) is 14.6. The number of nitrogens with one attached hydrogen (secondary N) is 2. The smallest absolute Gasteiger partial charge is 0.237 e. The molecule has 1 saturated carbocycles. The van der Waals surface area contributed by atoms with Gasteiger partial charge in [-0.3, -0.25) is 14.9 Å². The van der Waals surface area contributed by atoms with Crippen LogP contribution in [0.15, 0.2) is 18.3 Å². The number of nitrogens with zero attached hydrogens (tertiary/aromatic N) is 3. The molecule has 9 heteroatoms. The molecule has 4 unspecified atom stereocenters. The molecule has 8 nitrogen and oxygen atoms in total. The van der Waals surface area contributed by atoms with Gasteiger partial charge in [0.2, 0.25) is 5.91 Å². The van der Waals surface area contributed by atoms with E-state index in [-0.39, 0.29) is 29.7 Å². The Bertz CT molecular complexity index is 1010. The van der Waals surface area contributed by atoms with Crippen LogP contribution in [0.4, 0.5) is 0 Å². The van der Waals surface area contributed by atoms with Gasteiger partial charge < -0.3 is 10.5 Å². The zero-order valence-electron chi connectivity index (χ0n) is 17.0. The highest BCUT2D eigenvalue weighted by Crippen LogP contribution is 2.45. The first-order valence-corrected chi connectivity index (χ1v) is 10.4. The van der Waals surface area contributed by atoms with Crippen LogP contribution in [0.3, 0.4) is 0 Å². The Hall–Kier alpha value is -2.60. The van der Waals surface area contributed by atoms with E-state index in [4.69, 9.17) is 22.1 Å². The molecule has 1 aromatic carbocycles. The molecule has 30 heavy (non-hydrogen) atoms. The van der Waals surface area contributed by atoms with E-state index >= 15 is 0 Å². The lowest BCUT2D eigenvalue weighted by Crippen LogP contribution is -2.62. The highest BCUT2D eigenvalue weighted by atomic mass is 35.5. The summed E-state index contributed by atoms with van der Waals surface area (Å²) in [6.07, 6.45) is 4.36. The molecule has 158 valence electrons. The highest BCUT2D eigenvalue weighted by Gasteiger charge is 2.43. The Morgan fingerprint density at radius 1 is 1.43 bits per heavy atom. The number of methoxy groups -OCH3 is 1. The molecule has 0 spiro atoms. The van der Waals surface area contributed by atoms with Crippen LogP contribution in [0.25, 0.3) is 11.3 Å². The molecule has 1 amide bonds. The summed E-state index contributed by atoms with van der Waals surface area (Å²) in [6.45, 7) is 0.459. The van der Waals surface area contributed by atoms with E-state index in [1.165, 1.54) is 7.11 Å². The number of carbonyl (C=O) groups excluding carboxylic acids is 1. The SMILES string of the molecule is COc1ccc(-c2c(C3CCC4C(=O)NNC(CN)C4C3)cnn2C)c(C#N)c1Cl.